The van der Waals surface area contributed by atoms with Gasteiger partial charge in [0, 0.05) is 24.4 Å². The minimum absolute atomic E-state index is 0.151. The van der Waals surface area contributed by atoms with E-state index < -0.39 is 0 Å². The number of nitrogens with zero attached hydrogens (tertiary/aromatic N) is 3. The van der Waals surface area contributed by atoms with Crippen LogP contribution in [0.5, 0.6) is 0 Å². The molecule has 6 nitrogen and oxygen atoms in total. The fourth-order valence-corrected chi connectivity index (χ4v) is 4.38. The molecule has 1 aliphatic carbocycles. The van der Waals surface area contributed by atoms with E-state index in [0.29, 0.717) is 25.4 Å². The van der Waals surface area contributed by atoms with Crippen molar-refractivity contribution in [1.29, 1.82) is 0 Å². The van der Waals surface area contributed by atoms with E-state index in [0.717, 1.165) is 28.9 Å². The molecule has 0 spiro atoms. The van der Waals surface area contributed by atoms with Crippen LogP contribution in [0.1, 0.15) is 40.9 Å². The van der Waals surface area contributed by atoms with Gasteiger partial charge in [-0.2, -0.15) is 0 Å². The monoisotopic (exact) mass is 366 g/mol. The molecule has 0 bridgehead atoms. The van der Waals surface area contributed by atoms with Gasteiger partial charge in [-0.05, 0) is 36.0 Å². The summed E-state index contributed by atoms with van der Waals surface area (Å²) in [7, 11) is 0. The van der Waals surface area contributed by atoms with Gasteiger partial charge in [0.15, 0.2) is 10.8 Å². The number of aromatic amines is 1. The Kier molecular flexibility index (Phi) is 4.51. The van der Waals surface area contributed by atoms with Crippen molar-refractivity contribution in [3.8, 4) is 0 Å². The molecule has 26 heavy (non-hydrogen) atoms. The van der Waals surface area contributed by atoms with Crippen LogP contribution >= 0.6 is 11.8 Å². The highest BCUT2D eigenvalue weighted by Gasteiger charge is 2.28. The summed E-state index contributed by atoms with van der Waals surface area (Å²) in [4.78, 5) is 30.9. The summed E-state index contributed by atoms with van der Waals surface area (Å²) in [6.07, 6.45) is 3.94. The quantitative estimate of drug-likeness (QED) is 0.821. The van der Waals surface area contributed by atoms with Gasteiger partial charge < -0.3 is 9.74 Å². The Balaban J connectivity index is 1.60. The van der Waals surface area contributed by atoms with Gasteiger partial charge in [-0.1, -0.05) is 48.1 Å². The SMILES string of the molecule is [C-]#[N+]c1cc(C(=O)N(Cc2cccc3c2SC(=O)C3)CC2CCC2)n[nH]1. The van der Waals surface area contributed by atoms with Crippen molar-refractivity contribution in [2.24, 2.45) is 5.92 Å². The molecule has 7 heteroatoms. The first-order chi connectivity index (χ1) is 12.6. The normalized spacial score (nSPS) is 16.0. The van der Waals surface area contributed by atoms with Crippen molar-refractivity contribution in [1.82, 2.24) is 15.1 Å². The fraction of sp³-hybridized carbons (Fsp3) is 0.368. The van der Waals surface area contributed by atoms with Crippen LogP contribution in [0.15, 0.2) is 29.2 Å². The van der Waals surface area contributed by atoms with Crippen molar-refractivity contribution in [3.63, 3.8) is 0 Å². The first kappa shape index (κ1) is 16.9. The molecule has 2 heterocycles. The molecule has 1 aromatic heterocycles. The number of hydrogen-bond donors (Lipinski definition) is 1. The van der Waals surface area contributed by atoms with Gasteiger partial charge in [0.1, 0.15) is 0 Å². The highest BCUT2D eigenvalue weighted by atomic mass is 32.2. The molecule has 132 valence electrons. The Hall–Kier alpha value is -2.59. The predicted octanol–water partition coefficient (Wildman–Crippen LogP) is 3.58. The van der Waals surface area contributed by atoms with Crippen molar-refractivity contribution in [3.05, 3.63) is 52.5 Å². The summed E-state index contributed by atoms with van der Waals surface area (Å²) in [6, 6.07) is 7.41. The lowest BCUT2D eigenvalue weighted by Gasteiger charge is -2.32. The number of rotatable bonds is 5. The van der Waals surface area contributed by atoms with E-state index in [1.54, 1.807) is 0 Å². The second kappa shape index (κ2) is 6.96. The first-order valence-electron chi connectivity index (χ1n) is 8.67. The minimum Gasteiger partial charge on any atom is -0.362 e. The maximum atomic E-state index is 13.0. The van der Waals surface area contributed by atoms with E-state index >= 15 is 0 Å². The molecule has 0 radical (unpaired) electrons. The number of benzene rings is 1. The van der Waals surface area contributed by atoms with Crippen LogP contribution in [0.25, 0.3) is 4.85 Å². The first-order valence-corrected chi connectivity index (χ1v) is 9.49. The minimum atomic E-state index is -0.171. The molecule has 0 saturated heterocycles. The zero-order valence-electron chi connectivity index (χ0n) is 14.2. The molecule has 1 fully saturated rings. The Bertz CT molecular complexity index is 911. The van der Waals surface area contributed by atoms with E-state index in [-0.39, 0.29) is 22.5 Å². The Morgan fingerprint density at radius 2 is 2.27 bits per heavy atom. The third kappa shape index (κ3) is 3.25. The molecule has 4 rings (SSSR count). The highest BCUT2D eigenvalue weighted by Crippen LogP contribution is 2.36. The molecule has 2 aliphatic rings. The van der Waals surface area contributed by atoms with Gasteiger partial charge in [-0.25, -0.2) is 5.10 Å². The standard InChI is InChI=1S/C19H18N4O2S/c1-20-16-9-15(21-22-16)19(25)23(10-12-4-2-5-12)11-14-7-3-6-13-8-17(24)26-18(13)14/h3,6-7,9,12H,2,4-5,8,10-11H2,(H,21,22). The molecule has 2 aromatic rings. The number of hydrogen-bond acceptors (Lipinski definition) is 4. The number of nitrogens with one attached hydrogen (secondary N) is 1. The second-order valence-corrected chi connectivity index (χ2v) is 7.86. The lowest BCUT2D eigenvalue weighted by molar-refractivity contribution is -0.110. The van der Waals surface area contributed by atoms with Gasteiger partial charge in [0.2, 0.25) is 0 Å². The third-order valence-electron chi connectivity index (χ3n) is 4.98. The number of amides is 1. The van der Waals surface area contributed by atoms with Crippen LogP contribution < -0.4 is 0 Å². The van der Waals surface area contributed by atoms with Gasteiger partial charge >= 0.3 is 0 Å². The Labute approximate surface area is 155 Å². The largest absolute Gasteiger partial charge is 0.362 e. The van der Waals surface area contributed by atoms with Crippen LogP contribution in [0.3, 0.4) is 0 Å². The van der Waals surface area contributed by atoms with Crippen LogP contribution in [-0.4, -0.2) is 32.7 Å². The van der Waals surface area contributed by atoms with Crippen LogP contribution in [0, 0.1) is 12.5 Å². The number of H-pyrrole nitrogens is 1. The summed E-state index contributed by atoms with van der Waals surface area (Å²) in [6.45, 7) is 8.17. The zero-order chi connectivity index (χ0) is 18.1. The van der Waals surface area contributed by atoms with Crippen molar-refractivity contribution >= 4 is 28.6 Å². The molecular formula is C19H18N4O2S. The van der Waals surface area contributed by atoms with E-state index in [1.807, 2.05) is 23.1 Å². The lowest BCUT2D eigenvalue weighted by atomic mass is 9.85. The number of carbonyl (C=O) groups excluding carboxylic acids is 2. The van der Waals surface area contributed by atoms with Gasteiger partial charge in [0.25, 0.3) is 11.7 Å². The summed E-state index contributed by atoms with van der Waals surface area (Å²) in [5.41, 5.74) is 2.32. The molecule has 0 unspecified atom stereocenters. The van der Waals surface area contributed by atoms with Gasteiger partial charge in [-0.15, -0.1) is 0 Å². The Morgan fingerprint density at radius 3 is 2.96 bits per heavy atom. The van der Waals surface area contributed by atoms with Gasteiger partial charge in [0.05, 0.1) is 0 Å². The summed E-state index contributed by atoms with van der Waals surface area (Å²) >= 11 is 1.28. The van der Waals surface area contributed by atoms with E-state index in [1.165, 1.54) is 24.2 Å². The van der Waals surface area contributed by atoms with Crippen LogP contribution in [0.4, 0.5) is 5.82 Å². The molecule has 1 saturated carbocycles. The summed E-state index contributed by atoms with van der Waals surface area (Å²) in [5.74, 6) is 0.609. The van der Waals surface area contributed by atoms with Crippen molar-refractivity contribution in [2.75, 3.05) is 6.54 Å². The van der Waals surface area contributed by atoms with Crippen LogP contribution in [0.2, 0.25) is 0 Å². The van der Waals surface area contributed by atoms with E-state index in [4.69, 9.17) is 6.57 Å². The smallest absolute Gasteiger partial charge is 0.275 e. The average molecular weight is 366 g/mol. The average Bonchev–Trinajstić information content (AvgIpc) is 3.22. The molecule has 1 aliphatic heterocycles. The lowest BCUT2D eigenvalue weighted by Crippen LogP contribution is -2.37. The molecule has 0 atom stereocenters. The number of carbonyl (C=O) groups is 2. The fourth-order valence-electron chi connectivity index (χ4n) is 3.39. The summed E-state index contributed by atoms with van der Waals surface area (Å²) in [5, 5.41) is 6.73. The number of fused-ring (bicyclic) bond motifs is 1. The Morgan fingerprint density at radius 1 is 1.42 bits per heavy atom. The number of thioether (sulfide) groups is 1. The van der Waals surface area contributed by atoms with E-state index in [2.05, 4.69) is 15.0 Å². The third-order valence-corrected chi connectivity index (χ3v) is 6.08. The maximum Gasteiger partial charge on any atom is 0.275 e. The van der Waals surface area contributed by atoms with Crippen molar-refractivity contribution < 1.29 is 9.59 Å². The topological polar surface area (TPSA) is 70.4 Å². The van der Waals surface area contributed by atoms with Gasteiger partial charge in [-0.3, -0.25) is 9.59 Å². The van der Waals surface area contributed by atoms with E-state index in [9.17, 15) is 9.59 Å². The second-order valence-electron chi connectivity index (χ2n) is 6.79. The van der Waals surface area contributed by atoms with Crippen molar-refractivity contribution in [2.45, 2.75) is 37.1 Å². The number of aromatic nitrogens is 2. The molecular weight excluding hydrogens is 348 g/mol. The molecule has 1 amide bonds. The summed E-state index contributed by atoms with van der Waals surface area (Å²) < 4.78 is 0. The highest BCUT2D eigenvalue weighted by molar-refractivity contribution is 8.14. The molecule has 1 aromatic carbocycles. The van der Waals surface area contributed by atoms with Crippen LogP contribution in [-0.2, 0) is 17.8 Å². The maximum absolute atomic E-state index is 13.0. The zero-order valence-corrected chi connectivity index (χ0v) is 15.0. The predicted molar refractivity (Wildman–Crippen MR) is 97.9 cm³/mol. The molecule has 1 N–H and O–H groups in total.